The first kappa shape index (κ1) is 16.8. The smallest absolute Gasteiger partial charge is 0.248 e. The average Bonchev–Trinajstić information content (AvgIpc) is 3.31. The Balaban J connectivity index is 1.46. The summed E-state index contributed by atoms with van der Waals surface area (Å²) in [6.45, 7) is 0.487. The summed E-state index contributed by atoms with van der Waals surface area (Å²) in [5.41, 5.74) is 1.95. The van der Waals surface area contributed by atoms with Gasteiger partial charge in [-0.1, -0.05) is 0 Å². The van der Waals surface area contributed by atoms with Crippen molar-refractivity contribution in [2.45, 2.75) is 25.7 Å². The fraction of sp³-hybridized carbons (Fsp3) is 0.278. The van der Waals surface area contributed by atoms with Crippen LogP contribution in [-0.2, 0) is 17.6 Å². The van der Waals surface area contributed by atoms with Gasteiger partial charge in [0.25, 0.3) is 0 Å². The predicted molar refractivity (Wildman–Crippen MR) is 93.0 cm³/mol. The molecule has 3 aromatic rings. The van der Waals surface area contributed by atoms with Crippen molar-refractivity contribution in [2.75, 3.05) is 11.4 Å². The topological polar surface area (TPSA) is 59.2 Å². The first-order valence-corrected chi connectivity index (χ1v) is 9.19. The number of halogens is 2. The zero-order chi connectivity index (χ0) is 18.1. The molecule has 134 valence electrons. The molecular weight excluding hydrogens is 360 g/mol. The second-order valence-corrected chi connectivity index (χ2v) is 6.84. The van der Waals surface area contributed by atoms with Crippen molar-refractivity contribution < 1.29 is 18.0 Å². The minimum atomic E-state index is -0.944. The third-order valence-corrected chi connectivity index (χ3v) is 5.01. The number of anilines is 1. The molecule has 0 aliphatic carbocycles. The largest absolute Gasteiger partial charge is 0.421 e. The summed E-state index contributed by atoms with van der Waals surface area (Å²) in [5, 5.41) is 11.8. The van der Waals surface area contributed by atoms with Crippen LogP contribution in [0.1, 0.15) is 24.3 Å². The Morgan fingerprint density at radius 2 is 2.12 bits per heavy atom. The van der Waals surface area contributed by atoms with E-state index in [9.17, 15) is 13.6 Å². The molecule has 0 N–H and O–H groups in total. The Morgan fingerprint density at radius 3 is 2.92 bits per heavy atom. The zero-order valence-corrected chi connectivity index (χ0v) is 14.6. The lowest BCUT2D eigenvalue weighted by Gasteiger charge is -2.29. The van der Waals surface area contributed by atoms with Gasteiger partial charge in [0.1, 0.15) is 0 Å². The van der Waals surface area contributed by atoms with Crippen molar-refractivity contribution in [3.8, 4) is 11.5 Å². The van der Waals surface area contributed by atoms with Crippen molar-refractivity contribution in [3.05, 3.63) is 52.0 Å². The molecule has 5 nitrogen and oxygen atoms in total. The molecule has 0 spiro atoms. The molecule has 26 heavy (non-hydrogen) atoms. The highest BCUT2D eigenvalue weighted by molar-refractivity contribution is 7.08. The molecule has 1 aliphatic rings. The Kier molecular flexibility index (Phi) is 4.50. The van der Waals surface area contributed by atoms with Crippen LogP contribution in [0, 0.1) is 11.6 Å². The van der Waals surface area contributed by atoms with Crippen LogP contribution in [-0.4, -0.2) is 22.6 Å². The van der Waals surface area contributed by atoms with Crippen molar-refractivity contribution in [1.29, 1.82) is 0 Å². The summed E-state index contributed by atoms with van der Waals surface area (Å²) in [4.78, 5) is 14.1. The molecule has 0 bridgehead atoms. The Hall–Kier alpha value is -2.61. The van der Waals surface area contributed by atoms with Gasteiger partial charge in [0, 0.05) is 42.1 Å². The lowest BCUT2D eigenvalue weighted by molar-refractivity contribution is -0.118. The third-order valence-electron chi connectivity index (χ3n) is 4.33. The number of benzene rings is 1. The lowest BCUT2D eigenvalue weighted by atomic mass is 10.0. The van der Waals surface area contributed by atoms with Gasteiger partial charge >= 0.3 is 0 Å². The summed E-state index contributed by atoms with van der Waals surface area (Å²) in [6, 6.07) is 4.16. The van der Waals surface area contributed by atoms with Crippen LogP contribution in [0.25, 0.3) is 11.5 Å². The van der Waals surface area contributed by atoms with Crippen LogP contribution in [0.5, 0.6) is 0 Å². The maximum Gasteiger partial charge on any atom is 0.248 e. The van der Waals surface area contributed by atoms with Crippen LogP contribution >= 0.6 is 11.3 Å². The molecule has 8 heteroatoms. The van der Waals surface area contributed by atoms with E-state index < -0.39 is 11.6 Å². The fourth-order valence-corrected chi connectivity index (χ4v) is 3.67. The number of fused-ring (bicyclic) bond motifs is 1. The highest BCUT2D eigenvalue weighted by Gasteiger charge is 2.24. The normalized spacial score (nSPS) is 13.7. The SMILES string of the molecule is O=C(CCc1nnc(-c2ccsc2)o1)N1CCCc2cc(F)c(F)cc21. The summed E-state index contributed by atoms with van der Waals surface area (Å²) in [6.07, 6.45) is 1.80. The Bertz CT molecular complexity index is 940. The van der Waals surface area contributed by atoms with Gasteiger partial charge in [-0.05, 0) is 35.9 Å². The number of hydrogen-bond donors (Lipinski definition) is 0. The van der Waals surface area contributed by atoms with Crippen LogP contribution in [0.2, 0.25) is 0 Å². The molecular formula is C18H15F2N3O2S. The van der Waals surface area contributed by atoms with E-state index in [4.69, 9.17) is 4.42 Å². The average molecular weight is 375 g/mol. The molecule has 0 radical (unpaired) electrons. The number of hydrogen-bond acceptors (Lipinski definition) is 5. The van der Waals surface area contributed by atoms with Crippen LogP contribution in [0.4, 0.5) is 14.5 Å². The second-order valence-electron chi connectivity index (χ2n) is 6.06. The predicted octanol–water partition coefficient (Wildman–Crippen LogP) is 3.99. The van der Waals surface area contributed by atoms with Gasteiger partial charge in [-0.2, -0.15) is 11.3 Å². The van der Waals surface area contributed by atoms with E-state index in [1.54, 1.807) is 0 Å². The number of nitrogens with zero attached hydrogens (tertiary/aromatic N) is 3. The fourth-order valence-electron chi connectivity index (χ4n) is 3.04. The van der Waals surface area contributed by atoms with E-state index in [1.807, 2.05) is 16.8 Å². The van der Waals surface area contributed by atoms with Crippen molar-refractivity contribution >= 4 is 22.9 Å². The summed E-state index contributed by atoms with van der Waals surface area (Å²) >= 11 is 1.53. The van der Waals surface area contributed by atoms with Gasteiger partial charge in [-0.3, -0.25) is 4.79 Å². The molecule has 4 rings (SSSR count). The van der Waals surface area contributed by atoms with E-state index in [-0.39, 0.29) is 12.3 Å². The van der Waals surface area contributed by atoms with E-state index >= 15 is 0 Å². The molecule has 0 saturated heterocycles. The van der Waals surface area contributed by atoms with Crippen molar-refractivity contribution in [1.82, 2.24) is 10.2 Å². The van der Waals surface area contributed by atoms with Gasteiger partial charge in [-0.25, -0.2) is 8.78 Å². The van der Waals surface area contributed by atoms with E-state index in [0.29, 0.717) is 48.8 Å². The lowest BCUT2D eigenvalue weighted by Crippen LogP contribution is -2.35. The molecule has 0 atom stereocenters. The monoisotopic (exact) mass is 375 g/mol. The number of aromatic nitrogens is 2. The van der Waals surface area contributed by atoms with E-state index in [2.05, 4.69) is 10.2 Å². The summed E-state index contributed by atoms with van der Waals surface area (Å²) < 4.78 is 32.6. The van der Waals surface area contributed by atoms with E-state index in [0.717, 1.165) is 11.6 Å². The molecule has 0 unspecified atom stereocenters. The summed E-state index contributed by atoms with van der Waals surface area (Å²) in [7, 11) is 0. The second kappa shape index (κ2) is 6.95. The Labute approximate surface area is 152 Å². The first-order valence-electron chi connectivity index (χ1n) is 8.25. The number of carbonyl (C=O) groups excluding carboxylic acids is 1. The number of rotatable bonds is 4. The van der Waals surface area contributed by atoms with E-state index in [1.165, 1.54) is 22.3 Å². The highest BCUT2D eigenvalue weighted by Crippen LogP contribution is 2.30. The van der Waals surface area contributed by atoms with Crippen LogP contribution in [0.15, 0.2) is 33.4 Å². The maximum atomic E-state index is 13.6. The number of thiophene rings is 1. The van der Waals surface area contributed by atoms with Gasteiger partial charge in [0.15, 0.2) is 11.6 Å². The number of amides is 1. The molecule has 0 saturated carbocycles. The number of aryl methyl sites for hydroxylation is 2. The summed E-state index contributed by atoms with van der Waals surface area (Å²) in [5.74, 6) is -1.20. The third kappa shape index (κ3) is 3.24. The van der Waals surface area contributed by atoms with Crippen molar-refractivity contribution in [3.63, 3.8) is 0 Å². The molecule has 2 aromatic heterocycles. The molecule has 1 aromatic carbocycles. The van der Waals surface area contributed by atoms with Gasteiger partial charge in [0.05, 0.1) is 0 Å². The van der Waals surface area contributed by atoms with Gasteiger partial charge in [-0.15, -0.1) is 10.2 Å². The number of carbonyl (C=O) groups is 1. The van der Waals surface area contributed by atoms with Crippen LogP contribution < -0.4 is 4.90 Å². The van der Waals surface area contributed by atoms with Gasteiger partial charge in [0.2, 0.25) is 17.7 Å². The minimum Gasteiger partial charge on any atom is -0.421 e. The standard InChI is InChI=1S/C18H15F2N3O2S/c19-13-8-11-2-1-6-23(15(11)9-14(13)20)17(24)4-3-16-21-22-18(25-16)12-5-7-26-10-12/h5,7-10H,1-4,6H2. The molecule has 3 heterocycles. The van der Waals surface area contributed by atoms with Gasteiger partial charge < -0.3 is 9.32 Å². The Morgan fingerprint density at radius 1 is 1.27 bits per heavy atom. The minimum absolute atomic E-state index is 0.156. The zero-order valence-electron chi connectivity index (χ0n) is 13.7. The maximum absolute atomic E-state index is 13.6. The highest BCUT2D eigenvalue weighted by atomic mass is 32.1. The van der Waals surface area contributed by atoms with Crippen LogP contribution in [0.3, 0.4) is 0 Å². The molecule has 1 amide bonds. The quantitative estimate of drug-likeness (QED) is 0.692. The molecule has 1 aliphatic heterocycles. The molecule has 0 fully saturated rings. The van der Waals surface area contributed by atoms with Crippen molar-refractivity contribution in [2.24, 2.45) is 0 Å². The first-order chi connectivity index (χ1) is 12.6.